The fourth-order valence-corrected chi connectivity index (χ4v) is 4.22. The summed E-state index contributed by atoms with van der Waals surface area (Å²) in [7, 11) is 0. The van der Waals surface area contributed by atoms with Crippen LogP contribution in [0.3, 0.4) is 0 Å². The molecule has 0 radical (unpaired) electrons. The van der Waals surface area contributed by atoms with Gasteiger partial charge in [-0.25, -0.2) is 0 Å². The summed E-state index contributed by atoms with van der Waals surface area (Å²) < 4.78 is 0. The molecule has 5 nitrogen and oxygen atoms in total. The van der Waals surface area contributed by atoms with Crippen LogP contribution in [-0.4, -0.2) is 58.7 Å². The molecule has 0 aromatic carbocycles. The van der Waals surface area contributed by atoms with Crippen molar-refractivity contribution in [2.75, 3.05) is 26.2 Å². The average Bonchev–Trinajstić information content (AvgIpc) is 2.87. The van der Waals surface area contributed by atoms with Crippen LogP contribution in [0.25, 0.3) is 0 Å². The van der Waals surface area contributed by atoms with E-state index in [0.29, 0.717) is 17.7 Å². The lowest BCUT2D eigenvalue weighted by Crippen LogP contribution is -2.61. The van der Waals surface area contributed by atoms with Gasteiger partial charge in [0.05, 0.1) is 11.7 Å². The summed E-state index contributed by atoms with van der Waals surface area (Å²) in [5, 5.41) is 7.85. The summed E-state index contributed by atoms with van der Waals surface area (Å²) in [4.78, 5) is 17.6. The van der Waals surface area contributed by atoms with Gasteiger partial charge in [-0.3, -0.25) is 10.1 Å². The highest BCUT2D eigenvalue weighted by molar-refractivity contribution is 7.80. The van der Waals surface area contributed by atoms with Crippen molar-refractivity contribution in [3.63, 3.8) is 0 Å². The molecule has 3 atom stereocenters. The quantitative estimate of drug-likeness (QED) is 0.706. The van der Waals surface area contributed by atoms with Crippen molar-refractivity contribution in [1.82, 2.24) is 20.4 Å². The summed E-state index contributed by atoms with van der Waals surface area (Å²) in [6.45, 7) is 14.4. The second kappa shape index (κ2) is 8.67. The van der Waals surface area contributed by atoms with E-state index >= 15 is 0 Å². The highest BCUT2D eigenvalue weighted by Crippen LogP contribution is 2.35. The summed E-state index contributed by atoms with van der Waals surface area (Å²) in [6, 6.07) is -0.0404. The monoisotopic (exact) mass is 368 g/mol. The first-order valence-corrected chi connectivity index (χ1v) is 10.4. The summed E-state index contributed by atoms with van der Waals surface area (Å²) in [5.41, 5.74) is -0.188. The fraction of sp³-hybridized carbons (Fsp3) is 0.895. The minimum Gasteiger partial charge on any atom is -0.363 e. The second-order valence-corrected chi connectivity index (χ2v) is 8.21. The Morgan fingerprint density at radius 2 is 1.92 bits per heavy atom. The van der Waals surface area contributed by atoms with E-state index in [1.807, 2.05) is 0 Å². The first kappa shape index (κ1) is 20.4. The Morgan fingerprint density at radius 3 is 2.44 bits per heavy atom. The molecule has 2 fully saturated rings. The van der Waals surface area contributed by atoms with Crippen LogP contribution in [0.2, 0.25) is 0 Å². The van der Waals surface area contributed by atoms with Crippen LogP contribution in [-0.2, 0) is 4.79 Å². The summed E-state index contributed by atoms with van der Waals surface area (Å²) in [6.07, 6.45) is 4.00. The van der Waals surface area contributed by atoms with E-state index in [1.54, 1.807) is 0 Å². The molecule has 0 aromatic heterocycles. The van der Waals surface area contributed by atoms with Gasteiger partial charge >= 0.3 is 0 Å². The third-order valence-electron chi connectivity index (χ3n) is 6.08. The molecule has 2 saturated heterocycles. The zero-order chi connectivity index (χ0) is 18.6. The van der Waals surface area contributed by atoms with Crippen LogP contribution >= 0.6 is 12.2 Å². The molecule has 144 valence electrons. The van der Waals surface area contributed by atoms with E-state index in [0.717, 1.165) is 57.0 Å². The minimum absolute atomic E-state index is 0.0404. The molecular formula is C19H36N4OS. The van der Waals surface area contributed by atoms with Crippen LogP contribution in [0.1, 0.15) is 60.3 Å². The lowest BCUT2D eigenvalue weighted by Gasteiger charge is -2.46. The van der Waals surface area contributed by atoms with Gasteiger partial charge in [0.25, 0.3) is 0 Å². The number of piperidine rings is 1. The van der Waals surface area contributed by atoms with Gasteiger partial charge in [-0.2, -0.15) is 0 Å². The number of nitrogens with zero attached hydrogens (tertiary/aromatic N) is 2. The number of thiocarbonyl (C=S) groups is 1. The van der Waals surface area contributed by atoms with E-state index < -0.39 is 0 Å². The molecule has 0 bridgehead atoms. The third kappa shape index (κ3) is 4.27. The number of likely N-dealkylation sites (tertiary alicyclic amines) is 1. The molecule has 2 heterocycles. The van der Waals surface area contributed by atoms with Gasteiger partial charge in [-0.1, -0.05) is 40.5 Å². The van der Waals surface area contributed by atoms with Gasteiger partial charge in [-0.15, -0.1) is 0 Å². The Morgan fingerprint density at radius 1 is 1.28 bits per heavy atom. The SMILES string of the molecule is CCNC(=S)N1CCC2(CC1)N[C@H]([C@H](C)CC)C(=O)N2C[C@@H](C)CC. The smallest absolute Gasteiger partial charge is 0.241 e. The summed E-state index contributed by atoms with van der Waals surface area (Å²) >= 11 is 5.47. The molecular weight excluding hydrogens is 332 g/mol. The Kier molecular flexibility index (Phi) is 7.09. The van der Waals surface area contributed by atoms with Crippen molar-refractivity contribution in [2.24, 2.45) is 11.8 Å². The number of hydrogen-bond acceptors (Lipinski definition) is 3. The molecule has 6 heteroatoms. The maximum atomic E-state index is 13.2. The van der Waals surface area contributed by atoms with Gasteiger partial charge in [0.15, 0.2) is 5.11 Å². The van der Waals surface area contributed by atoms with Gasteiger partial charge in [0.1, 0.15) is 0 Å². The highest BCUT2D eigenvalue weighted by atomic mass is 32.1. The topological polar surface area (TPSA) is 47.6 Å². The van der Waals surface area contributed by atoms with Crippen molar-refractivity contribution in [1.29, 1.82) is 0 Å². The first-order chi connectivity index (χ1) is 11.9. The Bertz CT molecular complexity index is 476. The standard InChI is InChI=1S/C19H36N4OS/c1-6-14(4)13-23-17(24)16(15(5)7-2)21-19(23)9-11-22(12-10-19)18(25)20-8-3/h14-16,21H,6-13H2,1-5H3,(H,20,25)/t14-,15+,16+/m0/s1. The number of rotatable bonds is 6. The van der Waals surface area contributed by atoms with E-state index in [9.17, 15) is 4.79 Å². The Hall–Kier alpha value is -0.880. The van der Waals surface area contributed by atoms with E-state index in [-0.39, 0.29) is 11.7 Å². The molecule has 2 aliphatic rings. The number of hydrogen-bond donors (Lipinski definition) is 2. The molecule has 25 heavy (non-hydrogen) atoms. The van der Waals surface area contributed by atoms with Crippen LogP contribution in [0.5, 0.6) is 0 Å². The van der Waals surface area contributed by atoms with Crippen LogP contribution in [0.15, 0.2) is 0 Å². The number of amides is 1. The fourth-order valence-electron chi connectivity index (χ4n) is 3.89. The van der Waals surface area contributed by atoms with Gasteiger partial charge in [-0.05, 0) is 31.0 Å². The predicted octanol–water partition coefficient (Wildman–Crippen LogP) is 2.57. The van der Waals surface area contributed by atoms with Crippen LogP contribution < -0.4 is 10.6 Å². The Labute approximate surface area is 158 Å². The average molecular weight is 369 g/mol. The molecule has 2 N–H and O–H groups in total. The predicted molar refractivity (Wildman–Crippen MR) is 107 cm³/mol. The molecule has 0 aromatic rings. The summed E-state index contributed by atoms with van der Waals surface area (Å²) in [5.74, 6) is 1.20. The largest absolute Gasteiger partial charge is 0.363 e. The third-order valence-corrected chi connectivity index (χ3v) is 6.49. The van der Waals surface area contributed by atoms with E-state index in [2.05, 4.69) is 55.1 Å². The van der Waals surface area contributed by atoms with Crippen molar-refractivity contribution in [3.05, 3.63) is 0 Å². The molecule has 0 unspecified atom stereocenters. The normalized spacial score (nSPS) is 25.3. The molecule has 1 spiro atoms. The van der Waals surface area contributed by atoms with Gasteiger partial charge in [0.2, 0.25) is 5.91 Å². The maximum absolute atomic E-state index is 13.2. The van der Waals surface area contributed by atoms with Crippen molar-refractivity contribution in [2.45, 2.75) is 72.0 Å². The lowest BCUT2D eigenvalue weighted by molar-refractivity contribution is -0.134. The molecule has 2 rings (SSSR count). The molecule has 2 aliphatic heterocycles. The number of carbonyl (C=O) groups excluding carboxylic acids is 1. The Balaban J connectivity index is 2.15. The molecule has 1 amide bonds. The minimum atomic E-state index is -0.188. The lowest BCUT2D eigenvalue weighted by atomic mass is 9.94. The van der Waals surface area contributed by atoms with Crippen molar-refractivity contribution in [3.8, 4) is 0 Å². The zero-order valence-corrected chi connectivity index (χ0v) is 17.4. The zero-order valence-electron chi connectivity index (χ0n) is 16.6. The van der Waals surface area contributed by atoms with E-state index in [1.165, 1.54) is 0 Å². The van der Waals surface area contributed by atoms with Crippen molar-refractivity contribution < 1.29 is 4.79 Å². The highest BCUT2D eigenvalue weighted by Gasteiger charge is 2.52. The number of carbonyl (C=O) groups is 1. The van der Waals surface area contributed by atoms with Crippen LogP contribution in [0, 0.1) is 11.8 Å². The van der Waals surface area contributed by atoms with Gasteiger partial charge < -0.3 is 15.1 Å². The van der Waals surface area contributed by atoms with Crippen LogP contribution in [0.4, 0.5) is 0 Å². The number of nitrogens with one attached hydrogen (secondary N) is 2. The van der Waals surface area contributed by atoms with Crippen molar-refractivity contribution >= 4 is 23.2 Å². The molecule has 0 aliphatic carbocycles. The first-order valence-electron chi connectivity index (χ1n) is 10.00. The van der Waals surface area contributed by atoms with Gasteiger partial charge in [0, 0.05) is 39.0 Å². The van der Waals surface area contributed by atoms with E-state index in [4.69, 9.17) is 12.2 Å². The molecule has 0 saturated carbocycles. The maximum Gasteiger partial charge on any atom is 0.241 e. The second-order valence-electron chi connectivity index (χ2n) is 7.82.